The number of nitrogens with one attached hydrogen (secondary N) is 1. The van der Waals surface area contributed by atoms with Crippen molar-refractivity contribution >= 4 is 5.95 Å². The minimum absolute atomic E-state index is 0.0729. The van der Waals surface area contributed by atoms with Gasteiger partial charge in [-0.25, -0.2) is 4.98 Å². The summed E-state index contributed by atoms with van der Waals surface area (Å²) in [5.74, 6) is 0.113. The molecule has 0 atom stereocenters. The maximum Gasteiger partial charge on any atom is 0.231 e. The van der Waals surface area contributed by atoms with Crippen molar-refractivity contribution in [1.82, 2.24) is 14.5 Å². The third kappa shape index (κ3) is 1.47. The zero-order valence-corrected chi connectivity index (χ0v) is 7.38. The van der Waals surface area contributed by atoms with Gasteiger partial charge in [-0.2, -0.15) is 4.98 Å². The quantitative estimate of drug-likeness (QED) is 0.675. The summed E-state index contributed by atoms with van der Waals surface area (Å²) in [7, 11) is 0. The minimum atomic E-state index is 0.0729. The van der Waals surface area contributed by atoms with Crippen LogP contribution in [-0.2, 0) is 0 Å². The molecule has 5 heteroatoms. The summed E-state index contributed by atoms with van der Waals surface area (Å²) in [6.45, 7) is 0. The summed E-state index contributed by atoms with van der Waals surface area (Å²) in [4.78, 5) is 7.57. The summed E-state index contributed by atoms with van der Waals surface area (Å²) >= 11 is 0. The fraction of sp³-hybridized carbons (Fsp3) is 0. The van der Waals surface area contributed by atoms with Crippen LogP contribution >= 0.6 is 0 Å². The molecular formula is C9H9N5. The van der Waals surface area contributed by atoms with Gasteiger partial charge >= 0.3 is 0 Å². The van der Waals surface area contributed by atoms with Crippen LogP contribution in [-0.4, -0.2) is 14.5 Å². The highest BCUT2D eigenvalue weighted by molar-refractivity contribution is 5.30. The molecule has 0 aliphatic rings. The zero-order chi connectivity index (χ0) is 9.97. The molecule has 0 radical (unpaired) electrons. The average Bonchev–Trinajstić information content (AvgIpc) is 2.19. The summed E-state index contributed by atoms with van der Waals surface area (Å²) in [5, 5.41) is 7.58. The predicted octanol–water partition coefficient (Wildman–Crippen LogP) is 0.329. The maximum atomic E-state index is 7.58. The number of rotatable bonds is 1. The second-order valence-corrected chi connectivity index (χ2v) is 2.74. The largest absolute Gasteiger partial charge is 0.368 e. The molecule has 1 heterocycles. The molecule has 70 valence electrons. The molecule has 3 N–H and O–H groups in total. The molecule has 14 heavy (non-hydrogen) atoms. The van der Waals surface area contributed by atoms with Gasteiger partial charge in [0.05, 0.1) is 5.69 Å². The van der Waals surface area contributed by atoms with Gasteiger partial charge in [0.15, 0.2) is 0 Å². The van der Waals surface area contributed by atoms with Crippen molar-refractivity contribution in [3.05, 3.63) is 42.3 Å². The Labute approximate surface area is 80.4 Å². The molecular weight excluding hydrogens is 178 g/mol. The van der Waals surface area contributed by atoms with Crippen LogP contribution in [0.1, 0.15) is 0 Å². The number of aromatic nitrogens is 3. The lowest BCUT2D eigenvalue weighted by Crippen LogP contribution is -2.23. The Hall–Kier alpha value is -2.17. The second-order valence-electron chi connectivity index (χ2n) is 2.74. The first-order valence-electron chi connectivity index (χ1n) is 4.08. The first-order valence-corrected chi connectivity index (χ1v) is 4.08. The van der Waals surface area contributed by atoms with Gasteiger partial charge in [0.2, 0.25) is 11.6 Å². The van der Waals surface area contributed by atoms with Gasteiger partial charge in [-0.15, -0.1) is 0 Å². The highest BCUT2D eigenvalue weighted by atomic mass is 15.2. The van der Waals surface area contributed by atoms with Gasteiger partial charge in [0.25, 0.3) is 0 Å². The topological polar surface area (TPSA) is 80.6 Å². The van der Waals surface area contributed by atoms with Crippen molar-refractivity contribution in [2.75, 3.05) is 5.73 Å². The average molecular weight is 187 g/mol. The molecule has 0 bridgehead atoms. The van der Waals surface area contributed by atoms with Gasteiger partial charge in [-0.1, -0.05) is 18.2 Å². The van der Waals surface area contributed by atoms with Gasteiger partial charge in [-0.3, -0.25) is 9.98 Å². The molecule has 0 saturated heterocycles. The number of nitrogens with two attached hydrogens (primary N) is 1. The van der Waals surface area contributed by atoms with E-state index in [2.05, 4.69) is 9.97 Å². The van der Waals surface area contributed by atoms with E-state index in [-0.39, 0.29) is 11.6 Å². The highest BCUT2D eigenvalue weighted by Crippen LogP contribution is 2.01. The number of nitrogens with zero attached hydrogens (tertiary/aromatic N) is 3. The van der Waals surface area contributed by atoms with Crippen molar-refractivity contribution in [3.8, 4) is 5.69 Å². The van der Waals surface area contributed by atoms with E-state index in [0.717, 1.165) is 5.69 Å². The Morgan fingerprint density at radius 2 is 1.93 bits per heavy atom. The van der Waals surface area contributed by atoms with Gasteiger partial charge in [0.1, 0.15) is 6.33 Å². The predicted molar refractivity (Wildman–Crippen MR) is 51.6 cm³/mol. The van der Waals surface area contributed by atoms with Crippen molar-refractivity contribution < 1.29 is 0 Å². The molecule has 1 aromatic heterocycles. The molecule has 0 fully saturated rings. The van der Waals surface area contributed by atoms with Crippen molar-refractivity contribution in [3.63, 3.8) is 0 Å². The number of nitrogen functional groups attached to an aromatic ring is 1. The number of para-hydroxylation sites is 1. The van der Waals surface area contributed by atoms with E-state index in [1.807, 2.05) is 30.3 Å². The molecule has 0 unspecified atom stereocenters. The second kappa shape index (κ2) is 3.29. The molecule has 0 aliphatic heterocycles. The van der Waals surface area contributed by atoms with Gasteiger partial charge in [0, 0.05) is 0 Å². The molecule has 0 spiro atoms. The summed E-state index contributed by atoms with van der Waals surface area (Å²) < 4.78 is 1.55. The SMILES string of the molecule is N=c1nc(N)ncn1-c1ccccc1. The smallest absolute Gasteiger partial charge is 0.231 e. The zero-order valence-electron chi connectivity index (χ0n) is 7.38. The van der Waals surface area contributed by atoms with Crippen molar-refractivity contribution in [2.24, 2.45) is 0 Å². The van der Waals surface area contributed by atoms with Crippen LogP contribution in [0.4, 0.5) is 5.95 Å². The van der Waals surface area contributed by atoms with Crippen molar-refractivity contribution in [2.45, 2.75) is 0 Å². The number of anilines is 1. The number of hydrogen-bond donors (Lipinski definition) is 2. The van der Waals surface area contributed by atoms with Crippen LogP contribution in [0.5, 0.6) is 0 Å². The fourth-order valence-corrected chi connectivity index (χ4v) is 1.14. The molecule has 0 saturated carbocycles. The van der Waals surface area contributed by atoms with E-state index in [1.54, 1.807) is 4.57 Å². The lowest BCUT2D eigenvalue weighted by atomic mass is 10.3. The lowest BCUT2D eigenvalue weighted by molar-refractivity contribution is 0.813. The minimum Gasteiger partial charge on any atom is -0.368 e. The highest BCUT2D eigenvalue weighted by Gasteiger charge is 1.97. The molecule has 2 rings (SSSR count). The van der Waals surface area contributed by atoms with E-state index in [9.17, 15) is 0 Å². The summed E-state index contributed by atoms with van der Waals surface area (Å²) in [6, 6.07) is 9.43. The normalized spacial score (nSPS) is 10.0. The maximum absolute atomic E-state index is 7.58. The van der Waals surface area contributed by atoms with Crippen LogP contribution in [0.25, 0.3) is 5.69 Å². The standard InChI is InChI=1S/C9H9N5/c10-8-12-6-14(9(11)13-8)7-4-2-1-3-5-7/h1-6H,(H3,10,11,13). The fourth-order valence-electron chi connectivity index (χ4n) is 1.14. The first-order chi connectivity index (χ1) is 6.77. The van der Waals surface area contributed by atoms with E-state index in [4.69, 9.17) is 11.1 Å². The van der Waals surface area contributed by atoms with Crippen LogP contribution in [0, 0.1) is 5.41 Å². The molecule has 5 nitrogen and oxygen atoms in total. The number of hydrogen-bond acceptors (Lipinski definition) is 4. The first kappa shape index (κ1) is 8.43. The summed E-state index contributed by atoms with van der Waals surface area (Å²) in [5.41, 5.74) is 6.27. The van der Waals surface area contributed by atoms with Crippen LogP contribution < -0.4 is 11.4 Å². The Balaban J connectivity index is 2.59. The van der Waals surface area contributed by atoms with Crippen molar-refractivity contribution in [1.29, 1.82) is 5.41 Å². The molecule has 2 aromatic rings. The molecule has 0 amide bonds. The van der Waals surface area contributed by atoms with Crippen LogP contribution in [0.3, 0.4) is 0 Å². The van der Waals surface area contributed by atoms with Crippen LogP contribution in [0.2, 0.25) is 0 Å². The third-order valence-electron chi connectivity index (χ3n) is 1.79. The Bertz CT molecular complexity index is 488. The van der Waals surface area contributed by atoms with E-state index >= 15 is 0 Å². The van der Waals surface area contributed by atoms with E-state index < -0.39 is 0 Å². The Morgan fingerprint density at radius 1 is 1.21 bits per heavy atom. The van der Waals surface area contributed by atoms with Gasteiger partial charge < -0.3 is 5.73 Å². The molecule has 1 aromatic carbocycles. The monoisotopic (exact) mass is 187 g/mol. The van der Waals surface area contributed by atoms with Gasteiger partial charge in [-0.05, 0) is 12.1 Å². The summed E-state index contributed by atoms with van der Waals surface area (Å²) in [6.07, 6.45) is 1.49. The lowest BCUT2D eigenvalue weighted by Gasteiger charge is -2.04. The van der Waals surface area contributed by atoms with E-state index in [1.165, 1.54) is 6.33 Å². The molecule has 0 aliphatic carbocycles. The Morgan fingerprint density at radius 3 is 2.57 bits per heavy atom. The Kier molecular flexibility index (Phi) is 1.98. The van der Waals surface area contributed by atoms with Crippen LogP contribution in [0.15, 0.2) is 36.7 Å². The number of benzene rings is 1. The van der Waals surface area contributed by atoms with E-state index in [0.29, 0.717) is 0 Å². The third-order valence-corrected chi connectivity index (χ3v) is 1.79.